The molecule has 0 aliphatic carbocycles. The van der Waals surface area contributed by atoms with Crippen LogP contribution in [0.15, 0.2) is 30.3 Å². The second-order valence-electron chi connectivity index (χ2n) is 4.89. The average molecular weight is 345 g/mol. The molecular formula is C16H25BrO3. The molecule has 1 aromatic rings. The van der Waals surface area contributed by atoms with Crippen LogP contribution in [0.25, 0.3) is 0 Å². The minimum atomic E-state index is -1.37. The fourth-order valence-electron chi connectivity index (χ4n) is 1.99. The molecule has 1 aromatic carbocycles. The van der Waals surface area contributed by atoms with Crippen LogP contribution in [0.2, 0.25) is 0 Å². The summed E-state index contributed by atoms with van der Waals surface area (Å²) in [5.41, 5.74) is 0.722. The van der Waals surface area contributed by atoms with Gasteiger partial charge >= 0.3 is 0 Å². The molecule has 1 atom stereocenters. The first-order valence-corrected chi connectivity index (χ1v) is 8.06. The number of methoxy groups -OCH3 is 1. The van der Waals surface area contributed by atoms with Crippen LogP contribution in [0.4, 0.5) is 0 Å². The van der Waals surface area contributed by atoms with Gasteiger partial charge in [0.1, 0.15) is 0 Å². The predicted molar refractivity (Wildman–Crippen MR) is 84.8 cm³/mol. The summed E-state index contributed by atoms with van der Waals surface area (Å²) in [5.74, 6) is 0. The van der Waals surface area contributed by atoms with E-state index in [-0.39, 0.29) is 0 Å². The number of hydrogen-bond acceptors (Lipinski definition) is 3. The molecule has 1 N–H and O–H groups in total. The molecule has 0 spiro atoms. The van der Waals surface area contributed by atoms with E-state index in [9.17, 15) is 5.11 Å². The SMILES string of the molecule is COCCCCCCCCO[C@](O)(Br)c1ccccc1. The zero-order valence-corrected chi connectivity index (χ0v) is 13.8. The molecule has 114 valence electrons. The molecule has 0 unspecified atom stereocenters. The van der Waals surface area contributed by atoms with Crippen molar-refractivity contribution < 1.29 is 14.6 Å². The van der Waals surface area contributed by atoms with Gasteiger partial charge in [0.05, 0.1) is 6.61 Å². The van der Waals surface area contributed by atoms with Gasteiger partial charge in [-0.2, -0.15) is 0 Å². The van der Waals surface area contributed by atoms with Crippen LogP contribution >= 0.6 is 15.9 Å². The molecule has 0 saturated heterocycles. The monoisotopic (exact) mass is 344 g/mol. The summed E-state index contributed by atoms with van der Waals surface area (Å²) in [6.45, 7) is 1.41. The lowest BCUT2D eigenvalue weighted by Gasteiger charge is -2.21. The normalized spacial score (nSPS) is 14.2. The van der Waals surface area contributed by atoms with Crippen LogP contribution in [0.5, 0.6) is 0 Å². The van der Waals surface area contributed by atoms with Crippen LogP contribution in [0.3, 0.4) is 0 Å². The lowest BCUT2D eigenvalue weighted by molar-refractivity contribution is -0.131. The summed E-state index contributed by atoms with van der Waals surface area (Å²) >= 11 is 3.22. The van der Waals surface area contributed by atoms with Crippen LogP contribution < -0.4 is 0 Å². The Balaban J connectivity index is 2.06. The lowest BCUT2D eigenvalue weighted by Crippen LogP contribution is -2.22. The molecule has 0 amide bonds. The third-order valence-corrected chi connectivity index (χ3v) is 3.85. The molecule has 0 aromatic heterocycles. The van der Waals surface area contributed by atoms with E-state index in [0.29, 0.717) is 6.61 Å². The minimum absolute atomic E-state index is 0.550. The van der Waals surface area contributed by atoms with Gasteiger partial charge in [-0.25, -0.2) is 0 Å². The maximum absolute atomic E-state index is 10.2. The third kappa shape index (κ3) is 7.39. The molecule has 4 heteroatoms. The summed E-state index contributed by atoms with van der Waals surface area (Å²) in [6, 6.07) is 9.35. The lowest BCUT2D eigenvalue weighted by atomic mass is 10.1. The topological polar surface area (TPSA) is 38.7 Å². The second kappa shape index (κ2) is 10.3. The number of ether oxygens (including phenoxy) is 2. The highest BCUT2D eigenvalue weighted by Crippen LogP contribution is 2.29. The van der Waals surface area contributed by atoms with E-state index in [1.54, 1.807) is 7.11 Å². The van der Waals surface area contributed by atoms with Crippen LogP contribution in [0.1, 0.15) is 44.1 Å². The van der Waals surface area contributed by atoms with Gasteiger partial charge < -0.3 is 14.6 Å². The van der Waals surface area contributed by atoms with Crippen LogP contribution in [-0.4, -0.2) is 25.4 Å². The number of alkyl halides is 1. The smallest absolute Gasteiger partial charge is 0.251 e. The third-order valence-electron chi connectivity index (χ3n) is 3.17. The number of aliphatic hydroxyl groups is 1. The first-order valence-electron chi connectivity index (χ1n) is 7.26. The van der Waals surface area contributed by atoms with Crippen molar-refractivity contribution in [3.05, 3.63) is 35.9 Å². The number of halogens is 1. The van der Waals surface area contributed by atoms with E-state index in [1.807, 2.05) is 30.3 Å². The largest absolute Gasteiger partial charge is 0.385 e. The zero-order chi connectivity index (χ0) is 14.7. The molecule has 0 aliphatic rings. The van der Waals surface area contributed by atoms with Crippen LogP contribution in [0, 0.1) is 0 Å². The molecule has 0 radical (unpaired) electrons. The number of benzene rings is 1. The van der Waals surface area contributed by atoms with Crippen molar-refractivity contribution in [2.45, 2.75) is 43.2 Å². The molecule has 0 bridgehead atoms. The Bertz CT molecular complexity index is 341. The summed E-state index contributed by atoms with van der Waals surface area (Å²) < 4.78 is 9.16. The predicted octanol–water partition coefficient (Wildman–Crippen LogP) is 4.19. The highest BCUT2D eigenvalue weighted by atomic mass is 79.9. The summed E-state index contributed by atoms with van der Waals surface area (Å²) in [6.07, 6.45) is 6.90. The van der Waals surface area contributed by atoms with Gasteiger partial charge in [-0.1, -0.05) is 56.0 Å². The molecule has 0 fully saturated rings. The van der Waals surface area contributed by atoms with Crippen molar-refractivity contribution in [3.8, 4) is 0 Å². The second-order valence-corrected chi connectivity index (χ2v) is 5.96. The fourth-order valence-corrected chi connectivity index (χ4v) is 2.42. The van der Waals surface area contributed by atoms with Crippen molar-refractivity contribution in [1.82, 2.24) is 0 Å². The molecule has 1 rings (SSSR count). The van der Waals surface area contributed by atoms with Gasteiger partial charge in [0.2, 0.25) is 0 Å². The van der Waals surface area contributed by atoms with Gasteiger partial charge in [0.15, 0.2) is 0 Å². The molecule has 0 saturated carbocycles. The maximum atomic E-state index is 10.2. The first kappa shape index (κ1) is 17.6. The van der Waals surface area contributed by atoms with Gasteiger partial charge in [0, 0.05) is 19.3 Å². The Labute approximate surface area is 130 Å². The number of rotatable bonds is 11. The minimum Gasteiger partial charge on any atom is -0.385 e. The molecule has 0 aliphatic heterocycles. The zero-order valence-electron chi connectivity index (χ0n) is 12.2. The van der Waals surface area contributed by atoms with Gasteiger partial charge in [-0.3, -0.25) is 0 Å². The van der Waals surface area contributed by atoms with Crippen molar-refractivity contribution in [3.63, 3.8) is 0 Å². The van der Waals surface area contributed by atoms with E-state index >= 15 is 0 Å². The molecule has 20 heavy (non-hydrogen) atoms. The Morgan fingerprint density at radius 1 is 0.950 bits per heavy atom. The van der Waals surface area contributed by atoms with Crippen molar-refractivity contribution in [2.75, 3.05) is 20.3 Å². The average Bonchev–Trinajstić information content (AvgIpc) is 2.46. The summed E-state index contributed by atoms with van der Waals surface area (Å²) in [5, 5.41) is 10.2. The molecule has 3 nitrogen and oxygen atoms in total. The van der Waals surface area contributed by atoms with Crippen LogP contribution in [-0.2, 0) is 14.2 Å². The van der Waals surface area contributed by atoms with E-state index in [4.69, 9.17) is 9.47 Å². The highest BCUT2D eigenvalue weighted by Gasteiger charge is 2.25. The standard InChI is InChI=1S/C16H25BrO3/c1-19-13-9-4-2-3-5-10-14-20-16(17,18)15-11-7-6-8-12-15/h6-8,11-12,18H,2-5,9-10,13-14H2,1H3/t16-/m0/s1. The van der Waals surface area contributed by atoms with E-state index in [0.717, 1.165) is 31.4 Å². The number of hydrogen-bond donors (Lipinski definition) is 1. The Kier molecular flexibility index (Phi) is 9.10. The maximum Gasteiger partial charge on any atom is 0.251 e. The Morgan fingerprint density at radius 3 is 2.10 bits per heavy atom. The van der Waals surface area contributed by atoms with Gasteiger partial charge in [-0.05, 0) is 28.8 Å². The number of unbranched alkanes of at least 4 members (excludes halogenated alkanes) is 5. The summed E-state index contributed by atoms with van der Waals surface area (Å²) in [4.78, 5) is 0. The van der Waals surface area contributed by atoms with Gasteiger partial charge in [0.25, 0.3) is 4.70 Å². The van der Waals surface area contributed by atoms with Gasteiger partial charge in [-0.15, -0.1) is 0 Å². The quantitative estimate of drug-likeness (QED) is 0.371. The fraction of sp³-hybridized carbons (Fsp3) is 0.625. The highest BCUT2D eigenvalue weighted by molar-refractivity contribution is 9.09. The van der Waals surface area contributed by atoms with E-state index in [2.05, 4.69) is 15.9 Å². The summed E-state index contributed by atoms with van der Waals surface area (Å²) in [7, 11) is 1.74. The van der Waals surface area contributed by atoms with E-state index in [1.165, 1.54) is 19.3 Å². The Hall–Kier alpha value is -0.420. The Morgan fingerprint density at radius 2 is 1.50 bits per heavy atom. The molecular weight excluding hydrogens is 320 g/mol. The van der Waals surface area contributed by atoms with Crippen molar-refractivity contribution in [2.24, 2.45) is 0 Å². The first-order chi connectivity index (χ1) is 9.67. The molecule has 0 heterocycles. The van der Waals surface area contributed by atoms with Crippen molar-refractivity contribution >= 4 is 15.9 Å². The van der Waals surface area contributed by atoms with Crippen molar-refractivity contribution in [1.29, 1.82) is 0 Å². The van der Waals surface area contributed by atoms with E-state index < -0.39 is 4.70 Å².